The van der Waals surface area contributed by atoms with Gasteiger partial charge in [0.2, 0.25) is 10.0 Å². The summed E-state index contributed by atoms with van der Waals surface area (Å²) in [5.41, 5.74) is 4.44. The van der Waals surface area contributed by atoms with Crippen molar-refractivity contribution in [3.8, 4) is 0 Å². The molecule has 1 heterocycles. The molecular formula is C28H40BrNO2S. The molecular weight excluding hydrogens is 494 g/mol. The molecule has 0 aliphatic carbocycles. The van der Waals surface area contributed by atoms with Crippen LogP contribution < -0.4 is 0 Å². The number of benzene rings is 2. The van der Waals surface area contributed by atoms with E-state index in [1.165, 1.54) is 11.1 Å². The van der Waals surface area contributed by atoms with Gasteiger partial charge in [0.05, 0.1) is 4.90 Å². The quantitative estimate of drug-likeness (QED) is 0.311. The lowest BCUT2D eigenvalue weighted by Gasteiger charge is -2.31. The van der Waals surface area contributed by atoms with E-state index in [1.54, 1.807) is 4.31 Å². The van der Waals surface area contributed by atoms with Crippen LogP contribution in [0.2, 0.25) is 0 Å². The van der Waals surface area contributed by atoms with Gasteiger partial charge in [0, 0.05) is 17.4 Å². The van der Waals surface area contributed by atoms with Crippen LogP contribution >= 0.6 is 15.9 Å². The Hall–Kier alpha value is -1.17. The molecule has 0 radical (unpaired) electrons. The van der Waals surface area contributed by atoms with E-state index < -0.39 is 10.0 Å². The van der Waals surface area contributed by atoms with E-state index in [9.17, 15) is 8.42 Å². The molecule has 0 N–H and O–H groups in total. The molecule has 1 saturated heterocycles. The van der Waals surface area contributed by atoms with Gasteiger partial charge in [-0.25, -0.2) is 8.42 Å². The van der Waals surface area contributed by atoms with Crippen molar-refractivity contribution < 1.29 is 8.42 Å². The topological polar surface area (TPSA) is 37.4 Å². The lowest BCUT2D eigenvalue weighted by atomic mass is 9.89. The van der Waals surface area contributed by atoms with Gasteiger partial charge >= 0.3 is 0 Å². The predicted octanol–water partition coefficient (Wildman–Crippen LogP) is 7.61. The number of rotatable bonds is 9. The second-order valence-corrected chi connectivity index (χ2v) is 13.4. The highest BCUT2D eigenvalue weighted by atomic mass is 79.9. The Morgan fingerprint density at radius 3 is 2.03 bits per heavy atom. The average molecular weight is 535 g/mol. The summed E-state index contributed by atoms with van der Waals surface area (Å²) in [5, 5.41) is 0. The molecule has 182 valence electrons. The average Bonchev–Trinajstić information content (AvgIpc) is 3.28. The van der Waals surface area contributed by atoms with Crippen molar-refractivity contribution in [2.45, 2.75) is 101 Å². The number of sulfonamides is 1. The van der Waals surface area contributed by atoms with Gasteiger partial charge in [-0.1, -0.05) is 99.9 Å². The van der Waals surface area contributed by atoms with E-state index in [2.05, 4.69) is 93.9 Å². The number of hydrogen-bond acceptors (Lipinski definition) is 2. The highest BCUT2D eigenvalue weighted by Crippen LogP contribution is 2.40. The summed E-state index contributed by atoms with van der Waals surface area (Å²) >= 11 is 3.89. The van der Waals surface area contributed by atoms with E-state index >= 15 is 0 Å². The summed E-state index contributed by atoms with van der Waals surface area (Å²) < 4.78 is 30.3. The first kappa shape index (κ1) is 26.4. The molecule has 0 spiro atoms. The number of hydrogen-bond donors (Lipinski definition) is 0. The fraction of sp³-hybridized carbons (Fsp3) is 0.571. The van der Waals surface area contributed by atoms with Gasteiger partial charge < -0.3 is 0 Å². The minimum Gasteiger partial charge on any atom is -0.207 e. The molecule has 0 aromatic heterocycles. The van der Waals surface area contributed by atoms with Crippen LogP contribution in [0.1, 0.15) is 101 Å². The molecule has 0 saturated carbocycles. The highest BCUT2D eigenvalue weighted by molar-refractivity contribution is 9.09. The third-order valence-corrected chi connectivity index (χ3v) is 9.99. The van der Waals surface area contributed by atoms with Crippen molar-refractivity contribution in [3.05, 3.63) is 64.7 Å². The van der Waals surface area contributed by atoms with Crippen LogP contribution in [0.3, 0.4) is 0 Å². The molecule has 3 nitrogen and oxygen atoms in total. The number of nitrogens with zero attached hydrogens (tertiary/aromatic N) is 1. The van der Waals surface area contributed by atoms with Crippen molar-refractivity contribution >= 4 is 26.0 Å². The predicted molar refractivity (Wildman–Crippen MR) is 143 cm³/mol. The summed E-state index contributed by atoms with van der Waals surface area (Å²) in [4.78, 5) is 0.696. The van der Waals surface area contributed by atoms with Crippen molar-refractivity contribution in [2.75, 3.05) is 6.54 Å². The maximum atomic E-state index is 14.3. The lowest BCUT2D eigenvalue weighted by Crippen LogP contribution is -2.41. The number of halogens is 1. The van der Waals surface area contributed by atoms with Crippen molar-refractivity contribution in [1.82, 2.24) is 4.31 Å². The first-order valence-corrected chi connectivity index (χ1v) is 14.8. The fourth-order valence-electron chi connectivity index (χ4n) is 4.87. The maximum Gasteiger partial charge on any atom is 0.243 e. The summed E-state index contributed by atoms with van der Waals surface area (Å²) in [5.74, 6) is 0.649. The van der Waals surface area contributed by atoms with Crippen LogP contribution in [-0.2, 0) is 16.4 Å². The molecule has 0 amide bonds. The molecule has 1 unspecified atom stereocenters. The molecule has 2 aromatic rings. The maximum absolute atomic E-state index is 14.3. The highest BCUT2D eigenvalue weighted by Gasteiger charge is 2.41. The Balaban J connectivity index is 1.98. The van der Waals surface area contributed by atoms with Gasteiger partial charge in [-0.2, -0.15) is 4.31 Å². The van der Waals surface area contributed by atoms with Gasteiger partial charge in [-0.05, 0) is 65.7 Å². The number of alkyl halides is 1. The molecule has 1 aliphatic rings. The molecule has 0 bridgehead atoms. The third kappa shape index (κ3) is 5.91. The summed E-state index contributed by atoms with van der Waals surface area (Å²) in [6.45, 7) is 13.4. The number of aryl methyl sites for hydroxylation is 1. The van der Waals surface area contributed by atoms with Crippen LogP contribution in [0, 0.1) is 0 Å². The Labute approximate surface area is 210 Å². The summed E-state index contributed by atoms with van der Waals surface area (Å²) in [6, 6.07) is 14.7. The Morgan fingerprint density at radius 2 is 1.52 bits per heavy atom. The van der Waals surface area contributed by atoms with Crippen molar-refractivity contribution in [3.63, 3.8) is 0 Å². The zero-order valence-electron chi connectivity index (χ0n) is 21.0. The monoisotopic (exact) mass is 533 g/mol. The van der Waals surface area contributed by atoms with Crippen LogP contribution in [0.4, 0.5) is 0 Å². The zero-order chi connectivity index (χ0) is 24.3. The summed E-state index contributed by atoms with van der Waals surface area (Å²) in [7, 11) is -3.61. The van der Waals surface area contributed by atoms with Crippen molar-refractivity contribution in [2.24, 2.45) is 0 Å². The van der Waals surface area contributed by atoms with Crippen molar-refractivity contribution in [1.29, 1.82) is 0 Å². The molecule has 1 fully saturated rings. The van der Waals surface area contributed by atoms with Gasteiger partial charge in [-0.15, -0.1) is 0 Å². The van der Waals surface area contributed by atoms with Crippen LogP contribution in [0.5, 0.6) is 0 Å². The zero-order valence-corrected chi connectivity index (χ0v) is 23.4. The lowest BCUT2D eigenvalue weighted by molar-refractivity contribution is 0.373. The second kappa shape index (κ2) is 11.0. The molecule has 3 rings (SSSR count). The Bertz CT molecular complexity index is 1000. The van der Waals surface area contributed by atoms with E-state index in [-0.39, 0.29) is 22.7 Å². The largest absolute Gasteiger partial charge is 0.243 e. The van der Waals surface area contributed by atoms with E-state index in [0.29, 0.717) is 17.4 Å². The minimum absolute atomic E-state index is 0.0106. The molecule has 5 heteroatoms. The van der Waals surface area contributed by atoms with Gasteiger partial charge in [0.15, 0.2) is 0 Å². The molecule has 2 atom stereocenters. The van der Waals surface area contributed by atoms with E-state index in [0.717, 1.165) is 36.8 Å². The van der Waals surface area contributed by atoms with Crippen LogP contribution in [0.15, 0.2) is 47.4 Å². The molecule has 2 aromatic carbocycles. The first-order valence-electron chi connectivity index (χ1n) is 12.4. The Morgan fingerprint density at radius 1 is 0.939 bits per heavy atom. The first-order chi connectivity index (χ1) is 15.5. The van der Waals surface area contributed by atoms with Gasteiger partial charge in [0.1, 0.15) is 0 Å². The smallest absolute Gasteiger partial charge is 0.207 e. The minimum atomic E-state index is -3.61. The summed E-state index contributed by atoms with van der Waals surface area (Å²) in [6.07, 6.45) is 3.68. The Kier molecular flexibility index (Phi) is 8.85. The fourth-order valence-corrected chi connectivity index (χ4v) is 8.20. The molecule has 1 aliphatic heterocycles. The van der Waals surface area contributed by atoms with Crippen LogP contribution in [-0.4, -0.2) is 30.1 Å². The normalized spacial score (nSPS) is 18.5. The van der Waals surface area contributed by atoms with Gasteiger partial charge in [-0.3, -0.25) is 0 Å². The van der Waals surface area contributed by atoms with E-state index in [1.807, 2.05) is 6.07 Å². The second-order valence-electron chi connectivity index (χ2n) is 10.4. The van der Waals surface area contributed by atoms with Crippen LogP contribution in [0.25, 0.3) is 0 Å². The standard InChI is InChI=1S/C28H40BrNO2S/c1-19(2)23-17-24(20(3)4)28(25(18-23)21(5)6)33(31,32)30-16-10-13-27(30)26(29)15-14-22-11-8-7-9-12-22/h7-9,11-12,17-21,26-27H,10,13-16H2,1-6H3/t26-,27?/m1/s1. The molecule has 33 heavy (non-hydrogen) atoms. The van der Waals surface area contributed by atoms with Gasteiger partial charge in [0.25, 0.3) is 0 Å². The third-order valence-electron chi connectivity index (χ3n) is 6.86. The SMILES string of the molecule is CC(C)c1cc(C(C)C)c(S(=O)(=O)N2CCCC2[C@H](Br)CCc2ccccc2)c(C(C)C)c1. The van der Waals surface area contributed by atoms with E-state index in [4.69, 9.17) is 0 Å².